The lowest BCUT2D eigenvalue weighted by Gasteiger charge is -2.10. The number of halogens is 1. The van der Waals surface area contributed by atoms with Gasteiger partial charge in [0.05, 0.1) is 17.5 Å². The summed E-state index contributed by atoms with van der Waals surface area (Å²) >= 11 is 0. The molecule has 94 valence electrons. The zero-order valence-corrected chi connectivity index (χ0v) is 9.67. The standard InChI is InChI=1S/C12H11FN2O3/c1-2-18-12(17)10(13)15-7-14-9-6-4-3-5-8(9)11(15)16/h3-7,10H,2H2,1H3. The average molecular weight is 250 g/mol. The summed E-state index contributed by atoms with van der Waals surface area (Å²) in [4.78, 5) is 27.1. The molecule has 2 aromatic rings. The van der Waals surface area contributed by atoms with E-state index in [1.807, 2.05) is 0 Å². The Morgan fingerprint density at radius 3 is 2.94 bits per heavy atom. The molecule has 0 radical (unpaired) electrons. The summed E-state index contributed by atoms with van der Waals surface area (Å²) in [5, 5.41) is 0.256. The maximum Gasteiger partial charge on any atom is 0.362 e. The molecule has 0 saturated carbocycles. The number of rotatable bonds is 3. The van der Waals surface area contributed by atoms with Gasteiger partial charge < -0.3 is 4.74 Å². The van der Waals surface area contributed by atoms with Crippen molar-refractivity contribution >= 4 is 16.9 Å². The first kappa shape index (κ1) is 12.2. The second kappa shape index (κ2) is 4.95. The second-order valence-corrected chi connectivity index (χ2v) is 3.56. The number of nitrogens with zero attached hydrogens (tertiary/aromatic N) is 2. The minimum atomic E-state index is -2.17. The molecule has 2 rings (SSSR count). The molecule has 1 atom stereocenters. The number of hydrogen-bond donors (Lipinski definition) is 0. The highest BCUT2D eigenvalue weighted by Crippen LogP contribution is 2.11. The van der Waals surface area contributed by atoms with Crippen molar-refractivity contribution in [3.8, 4) is 0 Å². The summed E-state index contributed by atoms with van der Waals surface area (Å²) in [5.74, 6) is -1.10. The van der Waals surface area contributed by atoms with Crippen LogP contribution in [0.2, 0.25) is 0 Å². The van der Waals surface area contributed by atoms with E-state index in [0.29, 0.717) is 10.1 Å². The Kier molecular flexibility index (Phi) is 3.36. The highest BCUT2D eigenvalue weighted by Gasteiger charge is 2.22. The molecule has 0 amide bonds. The van der Waals surface area contributed by atoms with Crippen molar-refractivity contribution in [1.82, 2.24) is 9.55 Å². The Hall–Kier alpha value is -2.24. The van der Waals surface area contributed by atoms with Crippen molar-refractivity contribution in [3.05, 3.63) is 40.9 Å². The maximum absolute atomic E-state index is 13.8. The quantitative estimate of drug-likeness (QED) is 0.773. The van der Waals surface area contributed by atoms with Crippen LogP contribution in [0.4, 0.5) is 4.39 Å². The summed E-state index contributed by atoms with van der Waals surface area (Å²) in [6.45, 7) is 1.61. The first-order valence-electron chi connectivity index (χ1n) is 5.41. The minimum Gasteiger partial charge on any atom is -0.462 e. The van der Waals surface area contributed by atoms with E-state index in [9.17, 15) is 14.0 Å². The predicted molar refractivity (Wildman–Crippen MR) is 62.8 cm³/mol. The van der Waals surface area contributed by atoms with Crippen LogP contribution in [0.1, 0.15) is 13.2 Å². The lowest BCUT2D eigenvalue weighted by atomic mass is 10.2. The van der Waals surface area contributed by atoms with Crippen LogP contribution in [-0.4, -0.2) is 22.1 Å². The molecule has 0 spiro atoms. The number of hydrogen-bond acceptors (Lipinski definition) is 4. The van der Waals surface area contributed by atoms with E-state index in [2.05, 4.69) is 9.72 Å². The fraction of sp³-hybridized carbons (Fsp3) is 0.250. The van der Waals surface area contributed by atoms with Gasteiger partial charge >= 0.3 is 5.97 Å². The maximum atomic E-state index is 13.8. The molecule has 0 N–H and O–H groups in total. The van der Waals surface area contributed by atoms with E-state index < -0.39 is 17.8 Å². The minimum absolute atomic E-state index is 0.0506. The van der Waals surface area contributed by atoms with Gasteiger partial charge in [-0.1, -0.05) is 12.1 Å². The molecule has 5 nitrogen and oxygen atoms in total. The molecule has 0 aliphatic rings. The number of fused-ring (bicyclic) bond motifs is 1. The molecular formula is C12H11FN2O3. The van der Waals surface area contributed by atoms with Crippen LogP contribution in [0, 0.1) is 0 Å². The van der Waals surface area contributed by atoms with Gasteiger partial charge in [0.25, 0.3) is 11.9 Å². The number of para-hydroxylation sites is 1. The summed E-state index contributed by atoms with van der Waals surface area (Å²) in [5.41, 5.74) is -0.157. The zero-order valence-electron chi connectivity index (χ0n) is 9.67. The van der Waals surface area contributed by atoms with E-state index in [1.165, 1.54) is 6.07 Å². The van der Waals surface area contributed by atoms with Gasteiger partial charge in [-0.05, 0) is 19.1 Å². The van der Waals surface area contributed by atoms with Gasteiger partial charge in [0, 0.05) is 0 Å². The number of benzene rings is 1. The smallest absolute Gasteiger partial charge is 0.362 e. The van der Waals surface area contributed by atoms with Crippen molar-refractivity contribution in [2.75, 3.05) is 6.61 Å². The third-order valence-corrected chi connectivity index (χ3v) is 2.42. The van der Waals surface area contributed by atoms with Gasteiger partial charge in [-0.25, -0.2) is 14.2 Å². The number of ether oxygens (including phenoxy) is 1. The molecule has 18 heavy (non-hydrogen) atoms. The number of esters is 1. The molecule has 6 heteroatoms. The summed E-state index contributed by atoms with van der Waals surface area (Å²) in [6, 6.07) is 6.53. The third kappa shape index (κ3) is 2.09. The largest absolute Gasteiger partial charge is 0.462 e. The average Bonchev–Trinajstić information content (AvgIpc) is 2.39. The van der Waals surface area contributed by atoms with Crippen LogP contribution in [0.3, 0.4) is 0 Å². The first-order valence-corrected chi connectivity index (χ1v) is 5.41. The fourth-order valence-corrected chi connectivity index (χ4v) is 1.57. The van der Waals surface area contributed by atoms with E-state index >= 15 is 0 Å². The molecule has 1 heterocycles. The van der Waals surface area contributed by atoms with Crippen LogP contribution in [-0.2, 0) is 9.53 Å². The molecule has 1 aromatic heterocycles. The van der Waals surface area contributed by atoms with Crippen molar-refractivity contribution in [2.24, 2.45) is 0 Å². The van der Waals surface area contributed by atoms with E-state index in [-0.39, 0.29) is 12.0 Å². The molecule has 1 unspecified atom stereocenters. The molecule has 0 bridgehead atoms. The van der Waals surface area contributed by atoms with Gasteiger partial charge in [0.1, 0.15) is 6.33 Å². The van der Waals surface area contributed by atoms with Gasteiger partial charge in [0.2, 0.25) is 0 Å². The lowest BCUT2D eigenvalue weighted by molar-refractivity contribution is -0.153. The molecule has 0 aliphatic heterocycles. The van der Waals surface area contributed by atoms with Gasteiger partial charge in [-0.2, -0.15) is 0 Å². The monoisotopic (exact) mass is 250 g/mol. The Morgan fingerprint density at radius 2 is 2.22 bits per heavy atom. The first-order chi connectivity index (χ1) is 8.65. The van der Waals surface area contributed by atoms with Crippen molar-refractivity contribution in [2.45, 2.75) is 13.2 Å². The third-order valence-electron chi connectivity index (χ3n) is 2.42. The predicted octanol–water partition coefficient (Wildman–Crippen LogP) is 1.43. The zero-order chi connectivity index (χ0) is 13.1. The van der Waals surface area contributed by atoms with Crippen LogP contribution >= 0.6 is 0 Å². The van der Waals surface area contributed by atoms with E-state index in [0.717, 1.165) is 6.33 Å². The van der Waals surface area contributed by atoms with E-state index in [4.69, 9.17) is 0 Å². The number of alkyl halides is 1. The topological polar surface area (TPSA) is 61.2 Å². The molecule has 0 aliphatic carbocycles. The van der Waals surface area contributed by atoms with Crippen LogP contribution in [0.25, 0.3) is 10.9 Å². The van der Waals surface area contributed by atoms with Gasteiger partial charge in [-0.3, -0.25) is 9.36 Å². The Bertz CT molecular complexity index is 639. The highest BCUT2D eigenvalue weighted by molar-refractivity contribution is 5.78. The molecular weight excluding hydrogens is 239 g/mol. The normalized spacial score (nSPS) is 12.3. The number of aromatic nitrogens is 2. The fourth-order valence-electron chi connectivity index (χ4n) is 1.57. The Labute approximate surface area is 102 Å². The number of carbonyl (C=O) groups excluding carboxylic acids is 1. The summed E-state index contributed by atoms with van der Waals surface area (Å²) < 4.78 is 18.9. The van der Waals surface area contributed by atoms with Crippen LogP contribution in [0.5, 0.6) is 0 Å². The van der Waals surface area contributed by atoms with Crippen molar-refractivity contribution in [1.29, 1.82) is 0 Å². The van der Waals surface area contributed by atoms with Crippen LogP contribution < -0.4 is 5.56 Å². The van der Waals surface area contributed by atoms with Gasteiger partial charge in [0.15, 0.2) is 0 Å². The van der Waals surface area contributed by atoms with Crippen molar-refractivity contribution < 1.29 is 13.9 Å². The molecule has 0 saturated heterocycles. The highest BCUT2D eigenvalue weighted by atomic mass is 19.1. The number of carbonyl (C=O) groups is 1. The van der Waals surface area contributed by atoms with Crippen LogP contribution in [0.15, 0.2) is 35.4 Å². The second-order valence-electron chi connectivity index (χ2n) is 3.56. The van der Waals surface area contributed by atoms with Gasteiger partial charge in [-0.15, -0.1) is 0 Å². The van der Waals surface area contributed by atoms with E-state index in [1.54, 1.807) is 25.1 Å². The Balaban J connectivity index is 2.49. The molecule has 0 fully saturated rings. The lowest BCUT2D eigenvalue weighted by Crippen LogP contribution is -2.28. The summed E-state index contributed by atoms with van der Waals surface area (Å²) in [7, 11) is 0. The van der Waals surface area contributed by atoms with Crippen molar-refractivity contribution in [3.63, 3.8) is 0 Å². The SMILES string of the molecule is CCOC(=O)C(F)n1cnc2ccccc2c1=O. The Morgan fingerprint density at radius 1 is 1.50 bits per heavy atom. The molecule has 1 aromatic carbocycles. The summed E-state index contributed by atoms with van der Waals surface area (Å²) in [6.07, 6.45) is -1.17.